The molecule has 7 nitrogen and oxygen atoms in total. The Morgan fingerprint density at radius 2 is 1.86 bits per heavy atom. The van der Waals surface area contributed by atoms with Crippen LogP contribution in [0.1, 0.15) is 5.82 Å². The highest BCUT2D eigenvalue weighted by atomic mass is 35.5. The maximum atomic E-state index is 12.1. The zero-order chi connectivity index (χ0) is 19.9. The summed E-state index contributed by atoms with van der Waals surface area (Å²) in [5, 5.41) is 12.2. The van der Waals surface area contributed by atoms with E-state index in [9.17, 15) is 4.79 Å². The van der Waals surface area contributed by atoms with Gasteiger partial charge in [0.2, 0.25) is 5.91 Å². The fraction of sp³-hybridized carbons (Fsp3) is 0.211. The minimum absolute atomic E-state index is 0.169. The number of rotatable bonds is 8. The maximum Gasteiger partial charge on any atom is 0.234 e. The molecule has 0 aliphatic heterocycles. The number of benzene rings is 2. The number of hydrogen-bond acceptors (Lipinski definition) is 6. The number of thioether (sulfide) groups is 1. The van der Waals surface area contributed by atoms with Gasteiger partial charge in [0.25, 0.3) is 0 Å². The second-order valence-electron chi connectivity index (χ2n) is 5.74. The third-order valence-electron chi connectivity index (χ3n) is 3.83. The van der Waals surface area contributed by atoms with Crippen LogP contribution < -0.4 is 14.8 Å². The second-order valence-corrected chi connectivity index (χ2v) is 7.09. The highest BCUT2D eigenvalue weighted by Gasteiger charge is 2.13. The molecule has 0 saturated heterocycles. The molecular weight excluding hydrogens is 400 g/mol. The monoisotopic (exact) mass is 418 g/mol. The zero-order valence-corrected chi connectivity index (χ0v) is 17.0. The number of aromatic nitrogens is 3. The van der Waals surface area contributed by atoms with E-state index in [1.807, 2.05) is 43.4 Å². The Balaban J connectivity index is 1.52. The van der Waals surface area contributed by atoms with Crippen molar-refractivity contribution in [3.63, 3.8) is 0 Å². The largest absolute Gasteiger partial charge is 0.497 e. The summed E-state index contributed by atoms with van der Waals surface area (Å²) in [5.41, 5.74) is 0.585. The van der Waals surface area contributed by atoms with E-state index in [-0.39, 0.29) is 18.3 Å². The first-order chi connectivity index (χ1) is 13.6. The van der Waals surface area contributed by atoms with Crippen LogP contribution in [0, 0.1) is 0 Å². The van der Waals surface area contributed by atoms with Crippen LogP contribution in [0.15, 0.2) is 53.7 Å². The number of hydrogen-bond donors (Lipinski definition) is 1. The highest BCUT2D eigenvalue weighted by molar-refractivity contribution is 7.99. The number of carbonyl (C=O) groups excluding carboxylic acids is 1. The summed E-state index contributed by atoms with van der Waals surface area (Å²) in [6.07, 6.45) is 0. The molecule has 28 heavy (non-hydrogen) atoms. The van der Waals surface area contributed by atoms with Crippen molar-refractivity contribution >= 4 is 35.0 Å². The summed E-state index contributed by atoms with van der Waals surface area (Å²) in [4.78, 5) is 12.1. The van der Waals surface area contributed by atoms with Crippen LogP contribution in [0.5, 0.6) is 11.5 Å². The van der Waals surface area contributed by atoms with E-state index in [2.05, 4.69) is 15.5 Å². The maximum absolute atomic E-state index is 12.1. The molecule has 3 aromatic rings. The zero-order valence-electron chi connectivity index (χ0n) is 15.4. The summed E-state index contributed by atoms with van der Waals surface area (Å²) in [7, 11) is 3.45. The van der Waals surface area contributed by atoms with Gasteiger partial charge in [-0.25, -0.2) is 0 Å². The molecule has 0 aliphatic rings. The number of ether oxygens (including phenoxy) is 2. The summed E-state index contributed by atoms with van der Waals surface area (Å²) in [6, 6.07) is 14.4. The number of amides is 1. The van der Waals surface area contributed by atoms with E-state index in [1.165, 1.54) is 11.8 Å². The molecule has 0 spiro atoms. The van der Waals surface area contributed by atoms with Crippen molar-refractivity contribution in [1.82, 2.24) is 14.8 Å². The molecule has 1 heterocycles. The first-order valence-electron chi connectivity index (χ1n) is 8.39. The molecule has 0 unspecified atom stereocenters. The normalized spacial score (nSPS) is 10.5. The van der Waals surface area contributed by atoms with Crippen molar-refractivity contribution in [3.05, 3.63) is 59.4 Å². The van der Waals surface area contributed by atoms with Gasteiger partial charge in [-0.3, -0.25) is 4.79 Å². The number of halogens is 1. The number of para-hydroxylation sites is 1. The summed E-state index contributed by atoms with van der Waals surface area (Å²) in [6.45, 7) is 0.266. The molecule has 0 fully saturated rings. The smallest absolute Gasteiger partial charge is 0.234 e. The average molecular weight is 419 g/mol. The van der Waals surface area contributed by atoms with Gasteiger partial charge < -0.3 is 19.4 Å². The molecule has 0 atom stereocenters. The molecule has 0 radical (unpaired) electrons. The van der Waals surface area contributed by atoms with Crippen LogP contribution in [-0.4, -0.2) is 33.5 Å². The van der Waals surface area contributed by atoms with Crippen molar-refractivity contribution in [3.8, 4) is 11.5 Å². The van der Waals surface area contributed by atoms with Crippen molar-refractivity contribution in [2.45, 2.75) is 11.8 Å². The number of anilines is 1. The molecule has 1 aromatic heterocycles. The summed E-state index contributed by atoms with van der Waals surface area (Å²) >= 11 is 7.34. The van der Waals surface area contributed by atoms with Gasteiger partial charge in [-0.2, -0.15) is 0 Å². The minimum Gasteiger partial charge on any atom is -0.497 e. The summed E-state index contributed by atoms with van der Waals surface area (Å²) in [5.74, 6) is 2.15. The van der Waals surface area contributed by atoms with Gasteiger partial charge in [0.05, 0.1) is 23.6 Å². The average Bonchev–Trinajstić information content (AvgIpc) is 3.06. The Morgan fingerprint density at radius 1 is 1.14 bits per heavy atom. The van der Waals surface area contributed by atoms with Crippen molar-refractivity contribution < 1.29 is 14.3 Å². The van der Waals surface area contributed by atoms with E-state index < -0.39 is 0 Å². The number of nitrogens with zero attached hydrogens (tertiary/aromatic N) is 3. The van der Waals surface area contributed by atoms with Gasteiger partial charge in [0.1, 0.15) is 18.1 Å². The fourth-order valence-corrected chi connectivity index (χ4v) is 3.21. The number of carbonyl (C=O) groups is 1. The first kappa shape index (κ1) is 20.0. The fourth-order valence-electron chi connectivity index (χ4n) is 2.30. The van der Waals surface area contributed by atoms with Crippen LogP contribution in [0.3, 0.4) is 0 Å². The van der Waals surface area contributed by atoms with Crippen LogP contribution in [0.4, 0.5) is 5.69 Å². The standard InChI is InChI=1S/C19H19ClN4O3S/c1-24-17(11-27-14-9-7-13(26-2)8-10-14)22-23-19(24)28-12-18(25)21-16-6-4-3-5-15(16)20/h3-10H,11-12H2,1-2H3,(H,21,25). The molecule has 1 N–H and O–H groups in total. The molecule has 2 aromatic carbocycles. The topological polar surface area (TPSA) is 78.3 Å². The number of methoxy groups -OCH3 is 1. The highest BCUT2D eigenvalue weighted by Crippen LogP contribution is 2.22. The quantitative estimate of drug-likeness (QED) is 0.561. The third-order valence-corrected chi connectivity index (χ3v) is 5.18. The molecule has 0 bridgehead atoms. The molecule has 1 amide bonds. The van der Waals surface area contributed by atoms with E-state index in [4.69, 9.17) is 21.1 Å². The molecule has 9 heteroatoms. The van der Waals surface area contributed by atoms with Crippen LogP contribution in [0.25, 0.3) is 0 Å². The van der Waals surface area contributed by atoms with E-state index >= 15 is 0 Å². The van der Waals surface area contributed by atoms with E-state index in [1.54, 1.807) is 23.8 Å². The Labute approximate surface area is 172 Å². The lowest BCUT2D eigenvalue weighted by Crippen LogP contribution is -2.14. The predicted octanol–water partition coefficient (Wildman–Crippen LogP) is 3.79. The lowest BCUT2D eigenvalue weighted by atomic mass is 10.3. The van der Waals surface area contributed by atoms with Crippen molar-refractivity contribution in [2.75, 3.05) is 18.2 Å². The summed E-state index contributed by atoms with van der Waals surface area (Å²) < 4.78 is 12.6. The predicted molar refractivity (Wildman–Crippen MR) is 109 cm³/mol. The Bertz CT molecular complexity index is 947. The Kier molecular flexibility index (Phi) is 6.78. The molecular formula is C19H19ClN4O3S. The molecule has 3 rings (SSSR count). The Hall–Kier alpha value is -2.71. The van der Waals surface area contributed by atoms with Gasteiger partial charge in [-0.1, -0.05) is 35.5 Å². The van der Waals surface area contributed by atoms with Crippen molar-refractivity contribution in [2.24, 2.45) is 7.05 Å². The van der Waals surface area contributed by atoms with Gasteiger partial charge in [0, 0.05) is 7.05 Å². The Morgan fingerprint density at radius 3 is 2.57 bits per heavy atom. The van der Waals surface area contributed by atoms with Gasteiger partial charge >= 0.3 is 0 Å². The molecule has 0 saturated carbocycles. The van der Waals surface area contributed by atoms with E-state index in [0.29, 0.717) is 27.4 Å². The molecule has 0 aliphatic carbocycles. The van der Waals surface area contributed by atoms with Crippen molar-refractivity contribution in [1.29, 1.82) is 0 Å². The van der Waals surface area contributed by atoms with Crippen LogP contribution >= 0.6 is 23.4 Å². The minimum atomic E-state index is -0.169. The second kappa shape index (κ2) is 9.48. The van der Waals surface area contributed by atoms with E-state index in [0.717, 1.165) is 5.75 Å². The van der Waals surface area contributed by atoms with Gasteiger partial charge in [0.15, 0.2) is 11.0 Å². The number of nitrogens with one attached hydrogen (secondary N) is 1. The van der Waals surface area contributed by atoms with Crippen LogP contribution in [0.2, 0.25) is 5.02 Å². The van der Waals surface area contributed by atoms with Gasteiger partial charge in [-0.15, -0.1) is 10.2 Å². The third kappa shape index (κ3) is 5.17. The lowest BCUT2D eigenvalue weighted by molar-refractivity contribution is -0.113. The first-order valence-corrected chi connectivity index (χ1v) is 9.75. The SMILES string of the molecule is COc1ccc(OCc2nnc(SCC(=O)Nc3ccccc3Cl)n2C)cc1. The molecule has 146 valence electrons. The van der Waals surface area contributed by atoms with Gasteiger partial charge in [-0.05, 0) is 36.4 Å². The lowest BCUT2D eigenvalue weighted by Gasteiger charge is -2.08. The van der Waals surface area contributed by atoms with Crippen LogP contribution in [-0.2, 0) is 18.4 Å².